The monoisotopic (exact) mass is 390 g/mol. The SMILES string of the molecule is CC[C@]1(CCCC2CCCCC2)C[C@H](C(O)C=CI)C1. The van der Waals surface area contributed by atoms with Gasteiger partial charge in [-0.05, 0) is 46.7 Å². The highest BCUT2D eigenvalue weighted by Crippen LogP contribution is 2.53. The fourth-order valence-corrected chi connectivity index (χ4v) is 4.86. The smallest absolute Gasteiger partial charge is 0.0756 e. The van der Waals surface area contributed by atoms with E-state index in [1.165, 1.54) is 70.6 Å². The Labute approximate surface area is 138 Å². The third-order valence-electron chi connectivity index (χ3n) is 5.94. The topological polar surface area (TPSA) is 20.2 Å². The normalized spacial score (nSPS) is 33.2. The van der Waals surface area contributed by atoms with Crippen molar-refractivity contribution in [2.24, 2.45) is 17.3 Å². The first-order chi connectivity index (χ1) is 9.69. The molecule has 0 radical (unpaired) electrons. The molecule has 2 aliphatic rings. The molecule has 20 heavy (non-hydrogen) atoms. The fraction of sp³-hybridized carbons (Fsp3) is 0.889. The molecule has 1 atom stereocenters. The molecule has 0 aliphatic heterocycles. The highest BCUT2D eigenvalue weighted by molar-refractivity contribution is 14.1. The molecule has 0 amide bonds. The van der Waals surface area contributed by atoms with Gasteiger partial charge in [0.15, 0.2) is 0 Å². The van der Waals surface area contributed by atoms with E-state index in [9.17, 15) is 5.11 Å². The second-order valence-electron chi connectivity index (χ2n) is 7.23. The quantitative estimate of drug-likeness (QED) is 0.541. The average molecular weight is 390 g/mol. The van der Waals surface area contributed by atoms with Crippen LogP contribution in [0.1, 0.15) is 77.6 Å². The Morgan fingerprint density at radius 2 is 1.95 bits per heavy atom. The van der Waals surface area contributed by atoms with Gasteiger partial charge in [-0.25, -0.2) is 0 Å². The number of hydrogen-bond acceptors (Lipinski definition) is 1. The van der Waals surface area contributed by atoms with E-state index in [4.69, 9.17) is 0 Å². The summed E-state index contributed by atoms with van der Waals surface area (Å²) in [5, 5.41) is 10.0. The Morgan fingerprint density at radius 1 is 1.25 bits per heavy atom. The van der Waals surface area contributed by atoms with Gasteiger partial charge in [0, 0.05) is 0 Å². The van der Waals surface area contributed by atoms with Crippen LogP contribution in [0.4, 0.5) is 0 Å². The third kappa shape index (κ3) is 4.46. The molecule has 0 spiro atoms. The van der Waals surface area contributed by atoms with Gasteiger partial charge in [0.2, 0.25) is 0 Å². The van der Waals surface area contributed by atoms with Gasteiger partial charge in [0.25, 0.3) is 0 Å². The number of aliphatic hydroxyl groups is 1. The average Bonchev–Trinajstić information content (AvgIpc) is 2.43. The molecule has 0 aromatic heterocycles. The summed E-state index contributed by atoms with van der Waals surface area (Å²) in [6.07, 6.45) is 17.2. The van der Waals surface area contributed by atoms with E-state index >= 15 is 0 Å². The highest BCUT2D eigenvalue weighted by Gasteiger charge is 2.44. The molecular formula is C18H31IO. The van der Waals surface area contributed by atoms with Crippen molar-refractivity contribution in [2.45, 2.75) is 83.7 Å². The lowest BCUT2D eigenvalue weighted by molar-refractivity contribution is -0.0240. The maximum atomic E-state index is 10.0. The molecule has 116 valence electrons. The molecule has 0 aromatic carbocycles. The first kappa shape index (κ1) is 16.8. The molecule has 2 heteroatoms. The molecule has 2 aliphatic carbocycles. The molecule has 1 N–H and O–H groups in total. The standard InChI is InChI=1S/C18H31IO/c1-2-18(13-16(14-18)17(20)10-12-19)11-6-9-15-7-4-3-5-8-15/h10,12,15-17,20H,2-9,11,13-14H2,1H3/t16-,17?,18-. The maximum absolute atomic E-state index is 10.0. The van der Waals surface area contributed by atoms with Gasteiger partial charge in [-0.15, -0.1) is 0 Å². The second kappa shape index (κ2) is 8.17. The van der Waals surface area contributed by atoms with E-state index in [-0.39, 0.29) is 6.10 Å². The van der Waals surface area contributed by atoms with Gasteiger partial charge < -0.3 is 5.11 Å². The third-order valence-corrected chi connectivity index (χ3v) is 6.35. The minimum atomic E-state index is -0.204. The lowest BCUT2D eigenvalue weighted by atomic mass is 9.57. The molecular weight excluding hydrogens is 359 g/mol. The lowest BCUT2D eigenvalue weighted by Crippen LogP contribution is -2.42. The minimum Gasteiger partial charge on any atom is -0.389 e. The van der Waals surface area contributed by atoms with Gasteiger partial charge in [0.1, 0.15) is 0 Å². The van der Waals surface area contributed by atoms with Gasteiger partial charge in [0.05, 0.1) is 6.10 Å². The number of aliphatic hydroxyl groups excluding tert-OH is 1. The zero-order chi connectivity index (χ0) is 14.4. The summed E-state index contributed by atoms with van der Waals surface area (Å²) < 4.78 is 1.96. The van der Waals surface area contributed by atoms with Crippen molar-refractivity contribution in [3.8, 4) is 0 Å². The first-order valence-corrected chi connectivity index (χ1v) is 9.88. The van der Waals surface area contributed by atoms with E-state index in [2.05, 4.69) is 29.5 Å². The summed E-state index contributed by atoms with van der Waals surface area (Å²) in [4.78, 5) is 0. The first-order valence-electron chi connectivity index (χ1n) is 8.64. The van der Waals surface area contributed by atoms with Crippen molar-refractivity contribution in [1.82, 2.24) is 0 Å². The van der Waals surface area contributed by atoms with Crippen LogP contribution < -0.4 is 0 Å². The van der Waals surface area contributed by atoms with Crippen molar-refractivity contribution >= 4 is 22.6 Å². The Bertz CT molecular complexity index is 301. The van der Waals surface area contributed by atoms with Crippen molar-refractivity contribution < 1.29 is 5.11 Å². The summed E-state index contributed by atoms with van der Waals surface area (Å²) >= 11 is 2.20. The van der Waals surface area contributed by atoms with Crippen LogP contribution in [0, 0.1) is 17.3 Å². The maximum Gasteiger partial charge on any atom is 0.0756 e. The molecule has 2 fully saturated rings. The van der Waals surface area contributed by atoms with Gasteiger partial charge in [-0.3, -0.25) is 0 Å². The van der Waals surface area contributed by atoms with Crippen LogP contribution in [0.25, 0.3) is 0 Å². The van der Waals surface area contributed by atoms with Crippen molar-refractivity contribution in [2.75, 3.05) is 0 Å². The zero-order valence-corrected chi connectivity index (χ0v) is 15.1. The molecule has 0 bridgehead atoms. The molecule has 1 unspecified atom stereocenters. The number of rotatable bonds is 7. The highest BCUT2D eigenvalue weighted by atomic mass is 127. The molecule has 1 nitrogen and oxygen atoms in total. The van der Waals surface area contributed by atoms with Crippen LogP contribution >= 0.6 is 22.6 Å². The van der Waals surface area contributed by atoms with Gasteiger partial charge in [-0.1, -0.05) is 80.9 Å². The van der Waals surface area contributed by atoms with E-state index in [0.717, 1.165) is 5.92 Å². The Morgan fingerprint density at radius 3 is 2.55 bits per heavy atom. The predicted octanol–water partition coefficient (Wildman–Crippen LogP) is 5.85. The van der Waals surface area contributed by atoms with Crippen molar-refractivity contribution in [3.63, 3.8) is 0 Å². The van der Waals surface area contributed by atoms with E-state index in [1.807, 2.05) is 10.2 Å². The molecule has 0 aromatic rings. The fourth-order valence-electron chi connectivity index (χ4n) is 4.44. The molecule has 2 saturated carbocycles. The van der Waals surface area contributed by atoms with Crippen LogP contribution in [0.3, 0.4) is 0 Å². The largest absolute Gasteiger partial charge is 0.389 e. The Balaban J connectivity index is 1.68. The molecule has 0 saturated heterocycles. The van der Waals surface area contributed by atoms with E-state index in [0.29, 0.717) is 11.3 Å². The van der Waals surface area contributed by atoms with Crippen LogP contribution in [-0.4, -0.2) is 11.2 Å². The van der Waals surface area contributed by atoms with Gasteiger partial charge >= 0.3 is 0 Å². The molecule has 0 heterocycles. The van der Waals surface area contributed by atoms with E-state index in [1.54, 1.807) is 0 Å². The van der Waals surface area contributed by atoms with E-state index < -0.39 is 0 Å². The van der Waals surface area contributed by atoms with Crippen LogP contribution in [-0.2, 0) is 0 Å². The summed E-state index contributed by atoms with van der Waals surface area (Å²) in [7, 11) is 0. The Kier molecular flexibility index (Phi) is 6.86. The summed E-state index contributed by atoms with van der Waals surface area (Å²) in [6.45, 7) is 2.34. The van der Waals surface area contributed by atoms with Crippen LogP contribution in [0.5, 0.6) is 0 Å². The van der Waals surface area contributed by atoms with Gasteiger partial charge in [-0.2, -0.15) is 0 Å². The number of halogens is 1. The summed E-state index contributed by atoms with van der Waals surface area (Å²) in [5.74, 6) is 1.55. The zero-order valence-electron chi connectivity index (χ0n) is 13.0. The lowest BCUT2D eigenvalue weighted by Gasteiger charge is -2.49. The van der Waals surface area contributed by atoms with Crippen molar-refractivity contribution in [1.29, 1.82) is 0 Å². The number of hydrogen-bond donors (Lipinski definition) is 1. The molecule has 2 rings (SSSR count). The van der Waals surface area contributed by atoms with Crippen molar-refractivity contribution in [3.05, 3.63) is 10.2 Å². The summed E-state index contributed by atoms with van der Waals surface area (Å²) in [5.41, 5.74) is 0.569. The summed E-state index contributed by atoms with van der Waals surface area (Å²) in [6, 6.07) is 0. The predicted molar refractivity (Wildman–Crippen MR) is 95.0 cm³/mol. The Hall–Kier alpha value is 0.430. The minimum absolute atomic E-state index is 0.204. The van der Waals surface area contributed by atoms with Crippen LogP contribution in [0.15, 0.2) is 10.2 Å². The second-order valence-corrected chi connectivity index (χ2v) is 7.95. The van der Waals surface area contributed by atoms with Crippen LogP contribution in [0.2, 0.25) is 0 Å².